The zero-order chi connectivity index (χ0) is 12.6. The summed E-state index contributed by atoms with van der Waals surface area (Å²) in [7, 11) is 0. The van der Waals surface area contributed by atoms with Crippen LogP contribution in [0, 0.1) is 12.7 Å². The topological polar surface area (TPSA) is 26.0 Å². The zero-order valence-corrected chi connectivity index (χ0v) is 12.2. The van der Waals surface area contributed by atoms with E-state index in [0.717, 1.165) is 19.8 Å². The lowest BCUT2D eigenvalue weighted by molar-refractivity contribution is 0.624. The van der Waals surface area contributed by atoms with E-state index in [-0.39, 0.29) is 11.1 Å². The second-order valence-electron chi connectivity index (χ2n) is 3.70. The van der Waals surface area contributed by atoms with Gasteiger partial charge in [-0.3, -0.25) is 0 Å². The smallest absolute Gasteiger partial charge is 0.142 e. The highest BCUT2D eigenvalue weighted by Crippen LogP contribution is 2.33. The van der Waals surface area contributed by atoms with Crippen LogP contribution >= 0.6 is 38.9 Å². The van der Waals surface area contributed by atoms with Crippen molar-refractivity contribution in [1.82, 2.24) is 0 Å². The minimum Gasteiger partial charge on any atom is -0.320 e. The van der Waals surface area contributed by atoms with Crippen molar-refractivity contribution in [3.8, 4) is 0 Å². The molecule has 1 aromatic carbocycles. The lowest BCUT2D eigenvalue weighted by Gasteiger charge is -2.10. The van der Waals surface area contributed by atoms with E-state index < -0.39 is 5.82 Å². The van der Waals surface area contributed by atoms with Crippen molar-refractivity contribution in [3.05, 3.63) is 54.9 Å². The monoisotopic (exact) mass is 333 g/mol. The quantitative estimate of drug-likeness (QED) is 0.849. The van der Waals surface area contributed by atoms with Crippen LogP contribution in [-0.2, 0) is 0 Å². The van der Waals surface area contributed by atoms with E-state index in [9.17, 15) is 4.39 Å². The summed E-state index contributed by atoms with van der Waals surface area (Å²) in [5, 5.41) is 0.115. The maximum absolute atomic E-state index is 13.3. The summed E-state index contributed by atoms with van der Waals surface area (Å²) in [6.45, 7) is 2.01. The Morgan fingerprint density at radius 3 is 2.65 bits per heavy atom. The normalized spacial score (nSPS) is 12.8. The highest BCUT2D eigenvalue weighted by molar-refractivity contribution is 9.10. The fourth-order valence-corrected chi connectivity index (χ4v) is 3.21. The molecule has 2 N–H and O–H groups in total. The number of aryl methyl sites for hydroxylation is 1. The molecule has 0 aliphatic rings. The van der Waals surface area contributed by atoms with Crippen LogP contribution in [0.1, 0.15) is 21.4 Å². The summed E-state index contributed by atoms with van der Waals surface area (Å²) in [5.74, 6) is -0.438. The number of thiophene rings is 1. The first-order valence-electron chi connectivity index (χ1n) is 4.95. The maximum atomic E-state index is 13.3. The number of hydrogen-bond donors (Lipinski definition) is 1. The van der Waals surface area contributed by atoms with E-state index in [1.54, 1.807) is 17.4 Å². The van der Waals surface area contributed by atoms with Gasteiger partial charge in [0.2, 0.25) is 0 Å². The Hall–Kier alpha value is -0.420. The van der Waals surface area contributed by atoms with Gasteiger partial charge in [-0.05, 0) is 46.6 Å². The first-order valence-corrected chi connectivity index (χ1v) is 6.94. The molecule has 1 heterocycles. The molecule has 1 aromatic heterocycles. The molecule has 0 saturated carbocycles. The van der Waals surface area contributed by atoms with Crippen LogP contribution in [0.4, 0.5) is 4.39 Å². The van der Waals surface area contributed by atoms with E-state index in [4.69, 9.17) is 17.3 Å². The molecule has 17 heavy (non-hydrogen) atoms. The molecule has 1 nitrogen and oxygen atoms in total. The first kappa shape index (κ1) is 13.0. The highest BCUT2D eigenvalue weighted by atomic mass is 79.9. The predicted octanol–water partition coefficient (Wildman–Crippen LogP) is 4.66. The summed E-state index contributed by atoms with van der Waals surface area (Å²) >= 11 is 10.7. The Morgan fingerprint density at radius 1 is 1.41 bits per heavy atom. The first-order chi connectivity index (χ1) is 7.99. The van der Waals surface area contributed by atoms with Crippen molar-refractivity contribution >= 4 is 38.9 Å². The van der Waals surface area contributed by atoms with Crippen molar-refractivity contribution in [2.75, 3.05) is 0 Å². The van der Waals surface area contributed by atoms with Gasteiger partial charge in [-0.1, -0.05) is 17.7 Å². The Morgan fingerprint density at radius 2 is 2.12 bits per heavy atom. The minimum atomic E-state index is -0.438. The third-order valence-corrected chi connectivity index (χ3v) is 5.01. The molecule has 0 fully saturated rings. The van der Waals surface area contributed by atoms with Gasteiger partial charge >= 0.3 is 0 Å². The van der Waals surface area contributed by atoms with Gasteiger partial charge < -0.3 is 5.73 Å². The highest BCUT2D eigenvalue weighted by Gasteiger charge is 2.14. The van der Waals surface area contributed by atoms with Crippen LogP contribution in [0.25, 0.3) is 0 Å². The molecular formula is C12H10BrClFNS. The Kier molecular flexibility index (Phi) is 3.88. The fourth-order valence-electron chi connectivity index (χ4n) is 1.50. The average molecular weight is 335 g/mol. The number of nitrogens with two attached hydrogens (primary N) is 1. The minimum absolute atomic E-state index is 0.115. The van der Waals surface area contributed by atoms with Crippen molar-refractivity contribution in [1.29, 1.82) is 0 Å². The van der Waals surface area contributed by atoms with Gasteiger partial charge in [-0.25, -0.2) is 4.39 Å². The molecule has 1 atom stereocenters. The van der Waals surface area contributed by atoms with Crippen LogP contribution in [0.5, 0.6) is 0 Å². The van der Waals surface area contributed by atoms with E-state index in [2.05, 4.69) is 15.9 Å². The molecule has 0 spiro atoms. The van der Waals surface area contributed by atoms with Crippen LogP contribution in [0.2, 0.25) is 5.02 Å². The number of halogens is 3. The largest absolute Gasteiger partial charge is 0.320 e. The molecule has 1 unspecified atom stereocenters. The number of hydrogen-bond acceptors (Lipinski definition) is 2. The molecule has 2 aromatic rings. The zero-order valence-electron chi connectivity index (χ0n) is 9.01. The van der Waals surface area contributed by atoms with E-state index >= 15 is 0 Å². The third kappa shape index (κ3) is 2.71. The molecule has 0 aliphatic carbocycles. The summed E-state index contributed by atoms with van der Waals surface area (Å²) in [5.41, 5.74) is 6.82. The summed E-state index contributed by atoms with van der Waals surface area (Å²) in [6.07, 6.45) is 0. The molecule has 0 amide bonds. The van der Waals surface area contributed by atoms with Gasteiger partial charge in [-0.2, -0.15) is 0 Å². The van der Waals surface area contributed by atoms with Crippen LogP contribution in [0.15, 0.2) is 28.7 Å². The van der Waals surface area contributed by atoms with Crippen LogP contribution < -0.4 is 5.73 Å². The Balaban J connectivity index is 2.36. The van der Waals surface area contributed by atoms with Gasteiger partial charge in [0.1, 0.15) is 5.82 Å². The summed E-state index contributed by atoms with van der Waals surface area (Å²) in [6, 6.07) is 6.31. The molecule has 0 saturated heterocycles. The lowest BCUT2D eigenvalue weighted by atomic mass is 10.1. The summed E-state index contributed by atoms with van der Waals surface area (Å²) < 4.78 is 14.4. The Labute approximate surface area is 117 Å². The predicted molar refractivity (Wildman–Crippen MR) is 74.2 cm³/mol. The van der Waals surface area contributed by atoms with Crippen LogP contribution in [0.3, 0.4) is 0 Å². The lowest BCUT2D eigenvalue weighted by Crippen LogP contribution is -2.10. The van der Waals surface area contributed by atoms with Gasteiger partial charge in [0.15, 0.2) is 0 Å². The third-order valence-electron chi connectivity index (χ3n) is 2.49. The van der Waals surface area contributed by atoms with Gasteiger partial charge in [0, 0.05) is 14.2 Å². The SMILES string of the molecule is Cc1sc(C(N)c2ccc(Cl)c(F)c2)cc1Br. The summed E-state index contributed by atoms with van der Waals surface area (Å²) in [4.78, 5) is 2.15. The van der Waals surface area contributed by atoms with Gasteiger partial charge in [0.25, 0.3) is 0 Å². The average Bonchev–Trinajstić information content (AvgIpc) is 2.62. The van der Waals surface area contributed by atoms with Crippen molar-refractivity contribution in [2.45, 2.75) is 13.0 Å². The molecule has 90 valence electrons. The van der Waals surface area contributed by atoms with Crippen molar-refractivity contribution < 1.29 is 4.39 Å². The van der Waals surface area contributed by atoms with Gasteiger partial charge in [-0.15, -0.1) is 11.3 Å². The van der Waals surface area contributed by atoms with Crippen LogP contribution in [-0.4, -0.2) is 0 Å². The second-order valence-corrected chi connectivity index (χ2v) is 6.25. The molecule has 2 rings (SSSR count). The van der Waals surface area contributed by atoms with Crippen molar-refractivity contribution in [2.24, 2.45) is 5.73 Å². The van der Waals surface area contributed by atoms with Gasteiger partial charge in [0.05, 0.1) is 11.1 Å². The second kappa shape index (κ2) is 5.06. The maximum Gasteiger partial charge on any atom is 0.142 e. The van der Waals surface area contributed by atoms with E-state index in [1.807, 2.05) is 13.0 Å². The molecule has 0 radical (unpaired) electrons. The molecule has 5 heteroatoms. The molecule has 0 bridgehead atoms. The van der Waals surface area contributed by atoms with Crippen molar-refractivity contribution in [3.63, 3.8) is 0 Å². The molecule has 0 aliphatic heterocycles. The standard InChI is InChI=1S/C12H10BrClFNS/c1-6-8(13)5-11(17-6)12(16)7-2-3-9(14)10(15)4-7/h2-5,12H,16H2,1H3. The van der Waals surface area contributed by atoms with E-state index in [0.29, 0.717) is 0 Å². The number of rotatable bonds is 2. The number of benzene rings is 1. The molecular weight excluding hydrogens is 325 g/mol. The van der Waals surface area contributed by atoms with E-state index in [1.165, 1.54) is 12.1 Å². The Bertz CT molecular complexity index is 536. The fraction of sp³-hybridized carbons (Fsp3) is 0.167.